The van der Waals surface area contributed by atoms with Crippen molar-refractivity contribution in [2.75, 3.05) is 20.6 Å². The van der Waals surface area contributed by atoms with E-state index >= 15 is 0 Å². The monoisotopic (exact) mass is 453 g/mol. The molecule has 2 amide bonds. The molecule has 2 aromatic rings. The largest absolute Gasteiger partial charge is 0.349 e. The predicted octanol–water partition coefficient (Wildman–Crippen LogP) is 3.76. The maximum absolute atomic E-state index is 14.6. The van der Waals surface area contributed by atoms with Crippen LogP contribution in [-0.2, 0) is 9.59 Å². The molecule has 0 radical (unpaired) electrons. The third-order valence-corrected chi connectivity index (χ3v) is 6.52. The molecule has 1 fully saturated rings. The van der Waals surface area contributed by atoms with E-state index in [9.17, 15) is 18.4 Å². The fourth-order valence-corrected chi connectivity index (χ4v) is 4.57. The van der Waals surface area contributed by atoms with Crippen molar-refractivity contribution in [3.63, 3.8) is 0 Å². The number of hydrogen-bond donors (Lipinski definition) is 1. The first-order valence-electron chi connectivity index (χ1n) is 11.2. The summed E-state index contributed by atoms with van der Waals surface area (Å²) in [6.07, 6.45) is 3.69. The van der Waals surface area contributed by atoms with Crippen LogP contribution >= 0.6 is 0 Å². The maximum atomic E-state index is 14.6. The van der Waals surface area contributed by atoms with E-state index in [1.807, 2.05) is 36.4 Å². The Hall–Kier alpha value is -3.06. The molecule has 1 heterocycles. The van der Waals surface area contributed by atoms with Gasteiger partial charge in [-0.25, -0.2) is 8.78 Å². The van der Waals surface area contributed by atoms with Gasteiger partial charge in [-0.1, -0.05) is 36.4 Å². The smallest absolute Gasteiger partial charge is 0.228 e. The molecule has 0 aromatic heterocycles. The second-order valence-electron chi connectivity index (χ2n) is 9.16. The van der Waals surface area contributed by atoms with E-state index in [1.165, 1.54) is 4.90 Å². The van der Waals surface area contributed by atoms with Crippen molar-refractivity contribution in [2.45, 2.75) is 31.3 Å². The second-order valence-corrected chi connectivity index (χ2v) is 9.16. The molecule has 2 aliphatic rings. The van der Waals surface area contributed by atoms with E-state index in [4.69, 9.17) is 5.73 Å². The van der Waals surface area contributed by atoms with Gasteiger partial charge in [-0.2, -0.15) is 0 Å². The zero-order chi connectivity index (χ0) is 23.7. The Balaban J connectivity index is 1.66. The molecule has 174 valence electrons. The number of benzene rings is 2. The fraction of sp³-hybridized carbons (Fsp3) is 0.385. The minimum atomic E-state index is -0.605. The van der Waals surface area contributed by atoms with Crippen LogP contribution in [0, 0.1) is 23.5 Å². The summed E-state index contributed by atoms with van der Waals surface area (Å²) in [5.74, 6) is -1.70. The zero-order valence-electron chi connectivity index (χ0n) is 18.9. The molecule has 1 aliphatic carbocycles. The van der Waals surface area contributed by atoms with Gasteiger partial charge >= 0.3 is 0 Å². The lowest BCUT2D eigenvalue weighted by atomic mass is 9.90. The number of nitrogens with zero attached hydrogens (tertiary/aromatic N) is 2. The van der Waals surface area contributed by atoms with Gasteiger partial charge < -0.3 is 15.5 Å². The highest BCUT2D eigenvalue weighted by Crippen LogP contribution is 2.43. The highest BCUT2D eigenvalue weighted by atomic mass is 19.1. The lowest BCUT2D eigenvalue weighted by Gasteiger charge is -2.32. The molecule has 0 saturated heterocycles. The summed E-state index contributed by atoms with van der Waals surface area (Å²) in [6, 6.07) is 11.8. The lowest BCUT2D eigenvalue weighted by Crippen LogP contribution is -2.47. The van der Waals surface area contributed by atoms with Crippen molar-refractivity contribution in [2.24, 2.45) is 17.6 Å². The predicted molar refractivity (Wildman–Crippen MR) is 123 cm³/mol. The lowest BCUT2D eigenvalue weighted by molar-refractivity contribution is -0.138. The highest BCUT2D eigenvalue weighted by molar-refractivity contribution is 5.87. The Morgan fingerprint density at radius 1 is 1.12 bits per heavy atom. The molecule has 3 atom stereocenters. The van der Waals surface area contributed by atoms with Crippen LogP contribution in [0.3, 0.4) is 0 Å². The van der Waals surface area contributed by atoms with E-state index in [-0.39, 0.29) is 36.3 Å². The SMILES string of the molecule is CN(C)C(=O)CC(N)[C@@H](C(=O)N1CC(c2cc(F)ccc2F)=C[C@H]1c1ccccc1)C1CC1. The van der Waals surface area contributed by atoms with E-state index in [0.717, 1.165) is 36.6 Å². The van der Waals surface area contributed by atoms with E-state index in [2.05, 4.69) is 0 Å². The van der Waals surface area contributed by atoms with Crippen molar-refractivity contribution in [3.05, 3.63) is 77.4 Å². The zero-order valence-corrected chi connectivity index (χ0v) is 18.9. The summed E-state index contributed by atoms with van der Waals surface area (Å²) in [4.78, 5) is 29.3. The quantitative estimate of drug-likeness (QED) is 0.694. The van der Waals surface area contributed by atoms with Gasteiger partial charge in [0.1, 0.15) is 11.6 Å². The molecular formula is C26H29F2N3O2. The van der Waals surface area contributed by atoms with Gasteiger partial charge in [0.25, 0.3) is 0 Å². The topological polar surface area (TPSA) is 66.6 Å². The summed E-state index contributed by atoms with van der Waals surface area (Å²) in [6.45, 7) is 0.149. The molecule has 2 N–H and O–H groups in total. The van der Waals surface area contributed by atoms with Crippen LogP contribution in [-0.4, -0.2) is 48.3 Å². The number of nitrogens with two attached hydrogens (primary N) is 1. The first-order chi connectivity index (χ1) is 15.8. The number of carbonyl (C=O) groups excluding carboxylic acids is 2. The molecule has 1 unspecified atom stereocenters. The van der Waals surface area contributed by atoms with Crippen molar-refractivity contribution >= 4 is 17.4 Å². The van der Waals surface area contributed by atoms with Gasteiger partial charge in [-0.3, -0.25) is 9.59 Å². The maximum Gasteiger partial charge on any atom is 0.228 e. The summed E-state index contributed by atoms with van der Waals surface area (Å²) in [7, 11) is 3.33. The van der Waals surface area contributed by atoms with Crippen LogP contribution in [0.15, 0.2) is 54.6 Å². The number of rotatable bonds is 7. The summed E-state index contributed by atoms with van der Waals surface area (Å²) in [5.41, 5.74) is 8.01. The van der Waals surface area contributed by atoms with Crippen molar-refractivity contribution < 1.29 is 18.4 Å². The highest BCUT2D eigenvalue weighted by Gasteiger charge is 2.45. The Labute approximate surface area is 192 Å². The molecular weight excluding hydrogens is 424 g/mol. The fourth-order valence-electron chi connectivity index (χ4n) is 4.57. The van der Waals surface area contributed by atoms with Crippen molar-refractivity contribution in [3.8, 4) is 0 Å². The molecule has 0 bridgehead atoms. The summed E-state index contributed by atoms with van der Waals surface area (Å²) >= 11 is 0. The van der Waals surface area contributed by atoms with Crippen molar-refractivity contribution in [1.82, 2.24) is 9.80 Å². The van der Waals surface area contributed by atoms with Gasteiger partial charge in [0, 0.05) is 38.7 Å². The van der Waals surface area contributed by atoms with Gasteiger partial charge in [-0.05, 0) is 48.1 Å². The van der Waals surface area contributed by atoms with E-state index < -0.39 is 29.6 Å². The minimum absolute atomic E-state index is 0.0859. The molecule has 7 heteroatoms. The number of hydrogen-bond acceptors (Lipinski definition) is 3. The van der Waals surface area contributed by atoms with Gasteiger partial charge in [0.2, 0.25) is 11.8 Å². The molecule has 1 saturated carbocycles. The molecule has 0 spiro atoms. The normalized spacial score (nSPS) is 19.7. The Bertz CT molecular complexity index is 1070. The third kappa shape index (κ3) is 4.98. The van der Waals surface area contributed by atoms with Gasteiger partial charge in [0.15, 0.2) is 0 Å². The van der Waals surface area contributed by atoms with E-state index in [0.29, 0.717) is 5.57 Å². The molecule has 1 aliphatic heterocycles. The molecule has 5 nitrogen and oxygen atoms in total. The number of carbonyl (C=O) groups is 2. The average Bonchev–Trinajstić information content (AvgIpc) is 3.52. The number of halogens is 2. The standard InChI is InChI=1S/C26H29F2N3O2/c1-30(2)24(32)14-22(29)25(17-8-9-17)26(33)31-15-18(20-13-19(27)10-11-21(20)28)12-23(31)16-6-4-3-5-7-16/h3-7,10-13,17,22-23,25H,8-9,14-15,29H2,1-2H3/t22?,23-,25-/m0/s1. The molecule has 33 heavy (non-hydrogen) atoms. The number of amides is 2. The average molecular weight is 454 g/mol. The van der Waals surface area contributed by atoms with Gasteiger partial charge in [0.05, 0.1) is 12.0 Å². The third-order valence-electron chi connectivity index (χ3n) is 6.52. The molecule has 4 rings (SSSR count). The van der Waals surface area contributed by atoms with Crippen LogP contribution in [0.2, 0.25) is 0 Å². The van der Waals surface area contributed by atoms with Crippen LogP contribution in [0.5, 0.6) is 0 Å². The minimum Gasteiger partial charge on any atom is -0.349 e. The van der Waals surface area contributed by atoms with E-state index in [1.54, 1.807) is 19.0 Å². The van der Waals surface area contributed by atoms with Crippen molar-refractivity contribution in [1.29, 1.82) is 0 Å². The van der Waals surface area contributed by atoms with Gasteiger partial charge in [-0.15, -0.1) is 0 Å². The Morgan fingerprint density at radius 3 is 2.45 bits per heavy atom. The summed E-state index contributed by atoms with van der Waals surface area (Å²) in [5, 5.41) is 0. The Morgan fingerprint density at radius 2 is 1.82 bits per heavy atom. The summed E-state index contributed by atoms with van der Waals surface area (Å²) < 4.78 is 28.4. The first kappa shape index (κ1) is 23.1. The van der Waals surface area contributed by atoms with Crippen LogP contribution in [0.25, 0.3) is 5.57 Å². The van der Waals surface area contributed by atoms with Crippen LogP contribution < -0.4 is 5.73 Å². The van der Waals surface area contributed by atoms with Crippen LogP contribution in [0.1, 0.15) is 36.4 Å². The Kier molecular flexibility index (Phi) is 6.61. The second kappa shape index (κ2) is 9.43. The first-order valence-corrected chi connectivity index (χ1v) is 11.2. The molecule has 2 aromatic carbocycles. The van der Waals surface area contributed by atoms with Crippen LogP contribution in [0.4, 0.5) is 8.78 Å².